The standard InChI is InChI=1S/C9H9ClIN3O2S/c1-2-16-9(15)14-8(17)13-7-6(10)3-5(11)4-12-7/h3-4H,2H2,1H3,(H2,12,13,14,15,17). The molecule has 92 valence electrons. The highest BCUT2D eigenvalue weighted by Crippen LogP contribution is 2.20. The maximum Gasteiger partial charge on any atom is 0.413 e. The van der Waals surface area contributed by atoms with E-state index in [0.29, 0.717) is 10.8 Å². The molecule has 0 spiro atoms. The highest BCUT2D eigenvalue weighted by Gasteiger charge is 2.08. The number of amides is 1. The molecule has 0 aliphatic carbocycles. The van der Waals surface area contributed by atoms with Crippen LogP contribution in [0.4, 0.5) is 10.6 Å². The SMILES string of the molecule is CCOC(=O)NC(=S)Nc1ncc(I)cc1Cl. The lowest BCUT2D eigenvalue weighted by molar-refractivity contribution is 0.158. The molecule has 1 heterocycles. The van der Waals surface area contributed by atoms with Gasteiger partial charge in [-0.3, -0.25) is 5.32 Å². The van der Waals surface area contributed by atoms with Crippen molar-refractivity contribution in [1.29, 1.82) is 0 Å². The molecule has 0 unspecified atom stereocenters. The Morgan fingerprint density at radius 3 is 3.00 bits per heavy atom. The second kappa shape index (κ2) is 6.92. The molecule has 0 bridgehead atoms. The van der Waals surface area contributed by atoms with Crippen molar-refractivity contribution in [2.45, 2.75) is 6.92 Å². The molecule has 0 atom stereocenters. The van der Waals surface area contributed by atoms with Crippen LogP contribution in [-0.4, -0.2) is 22.8 Å². The van der Waals surface area contributed by atoms with E-state index in [-0.39, 0.29) is 11.7 Å². The molecule has 1 amide bonds. The highest BCUT2D eigenvalue weighted by atomic mass is 127. The van der Waals surface area contributed by atoms with E-state index in [4.69, 9.17) is 23.8 Å². The number of pyridine rings is 1. The smallest absolute Gasteiger partial charge is 0.413 e. The van der Waals surface area contributed by atoms with Crippen LogP contribution in [0.3, 0.4) is 0 Å². The number of hydrogen-bond donors (Lipinski definition) is 2. The summed E-state index contributed by atoms with van der Waals surface area (Å²) in [6.07, 6.45) is 1.01. The van der Waals surface area contributed by atoms with Crippen LogP contribution < -0.4 is 10.6 Å². The number of carbonyl (C=O) groups excluding carboxylic acids is 1. The largest absolute Gasteiger partial charge is 0.450 e. The lowest BCUT2D eigenvalue weighted by atomic mass is 10.4. The molecule has 0 radical (unpaired) electrons. The molecule has 2 N–H and O–H groups in total. The summed E-state index contributed by atoms with van der Waals surface area (Å²) >= 11 is 12.9. The fourth-order valence-corrected chi connectivity index (χ4v) is 1.93. The minimum Gasteiger partial charge on any atom is -0.450 e. The van der Waals surface area contributed by atoms with E-state index in [2.05, 4.69) is 42.9 Å². The van der Waals surface area contributed by atoms with Crippen molar-refractivity contribution in [3.05, 3.63) is 20.9 Å². The maximum atomic E-state index is 11.1. The first-order valence-corrected chi connectivity index (χ1v) is 6.45. The molecule has 5 nitrogen and oxygen atoms in total. The average Bonchev–Trinajstić information content (AvgIpc) is 2.22. The summed E-state index contributed by atoms with van der Waals surface area (Å²) < 4.78 is 5.57. The van der Waals surface area contributed by atoms with Crippen molar-refractivity contribution in [3.8, 4) is 0 Å². The normalized spacial score (nSPS) is 9.59. The summed E-state index contributed by atoms with van der Waals surface area (Å²) in [7, 11) is 0. The van der Waals surface area contributed by atoms with Crippen molar-refractivity contribution >= 4 is 63.4 Å². The number of rotatable bonds is 2. The van der Waals surface area contributed by atoms with E-state index in [1.807, 2.05) is 0 Å². The van der Waals surface area contributed by atoms with Crippen LogP contribution in [0.25, 0.3) is 0 Å². The summed E-state index contributed by atoms with van der Waals surface area (Å²) in [5.74, 6) is 0.383. The van der Waals surface area contributed by atoms with Gasteiger partial charge in [-0.2, -0.15) is 0 Å². The average molecular weight is 386 g/mol. The van der Waals surface area contributed by atoms with Gasteiger partial charge in [-0.05, 0) is 47.8 Å². The number of aromatic nitrogens is 1. The number of anilines is 1. The molecule has 1 rings (SSSR count). The van der Waals surface area contributed by atoms with Gasteiger partial charge in [0.2, 0.25) is 0 Å². The van der Waals surface area contributed by atoms with Crippen LogP contribution in [0.2, 0.25) is 5.02 Å². The molecule has 0 aliphatic heterocycles. The molecule has 0 saturated heterocycles. The molecule has 0 saturated carbocycles. The predicted octanol–water partition coefficient (Wildman–Crippen LogP) is 2.78. The van der Waals surface area contributed by atoms with Crippen LogP contribution in [0.15, 0.2) is 12.3 Å². The van der Waals surface area contributed by atoms with E-state index in [9.17, 15) is 4.79 Å². The van der Waals surface area contributed by atoms with Gasteiger partial charge in [0.1, 0.15) is 0 Å². The third-order valence-corrected chi connectivity index (χ3v) is 2.61. The van der Waals surface area contributed by atoms with Gasteiger partial charge in [0, 0.05) is 9.77 Å². The summed E-state index contributed by atoms with van der Waals surface area (Å²) in [4.78, 5) is 15.1. The maximum absolute atomic E-state index is 11.1. The summed E-state index contributed by atoms with van der Waals surface area (Å²) in [5, 5.41) is 5.53. The molecular formula is C9H9ClIN3O2S. The lowest BCUT2D eigenvalue weighted by Crippen LogP contribution is -2.34. The Balaban J connectivity index is 2.59. The monoisotopic (exact) mass is 385 g/mol. The molecule has 0 aliphatic rings. The lowest BCUT2D eigenvalue weighted by Gasteiger charge is -2.09. The van der Waals surface area contributed by atoms with Crippen LogP contribution in [0.5, 0.6) is 0 Å². The van der Waals surface area contributed by atoms with E-state index in [1.165, 1.54) is 0 Å². The van der Waals surface area contributed by atoms with Gasteiger partial charge in [0.15, 0.2) is 10.9 Å². The first kappa shape index (κ1) is 14.4. The molecule has 8 heteroatoms. The van der Waals surface area contributed by atoms with E-state index >= 15 is 0 Å². The molecular weight excluding hydrogens is 377 g/mol. The Labute approximate surface area is 122 Å². The van der Waals surface area contributed by atoms with Crippen molar-refractivity contribution in [1.82, 2.24) is 10.3 Å². The third-order valence-electron chi connectivity index (χ3n) is 1.53. The van der Waals surface area contributed by atoms with Crippen molar-refractivity contribution < 1.29 is 9.53 Å². The molecule has 1 aromatic heterocycles. The highest BCUT2D eigenvalue weighted by molar-refractivity contribution is 14.1. The van der Waals surface area contributed by atoms with Crippen molar-refractivity contribution in [2.24, 2.45) is 0 Å². The second-order valence-corrected chi connectivity index (χ2v) is 4.84. The number of ether oxygens (including phenoxy) is 1. The van der Waals surface area contributed by atoms with Gasteiger partial charge < -0.3 is 10.1 Å². The van der Waals surface area contributed by atoms with Gasteiger partial charge in [0.05, 0.1) is 11.6 Å². The Morgan fingerprint density at radius 1 is 1.71 bits per heavy atom. The number of hydrogen-bond acceptors (Lipinski definition) is 4. The fraction of sp³-hybridized carbons (Fsp3) is 0.222. The topological polar surface area (TPSA) is 63.2 Å². The Kier molecular flexibility index (Phi) is 5.86. The third kappa shape index (κ3) is 5.00. The van der Waals surface area contributed by atoms with Crippen LogP contribution >= 0.6 is 46.4 Å². The Hall–Kier alpha value is -0.670. The zero-order valence-corrected chi connectivity index (χ0v) is 12.5. The van der Waals surface area contributed by atoms with Gasteiger partial charge in [0.25, 0.3) is 0 Å². The van der Waals surface area contributed by atoms with Gasteiger partial charge in [-0.25, -0.2) is 9.78 Å². The number of nitrogens with one attached hydrogen (secondary N) is 2. The Morgan fingerprint density at radius 2 is 2.41 bits per heavy atom. The first-order valence-electron chi connectivity index (χ1n) is 4.58. The molecule has 0 fully saturated rings. The molecule has 1 aromatic rings. The zero-order chi connectivity index (χ0) is 12.8. The molecule has 17 heavy (non-hydrogen) atoms. The number of alkyl carbamates (subject to hydrolysis) is 1. The fourth-order valence-electron chi connectivity index (χ4n) is 0.905. The quantitative estimate of drug-likeness (QED) is 0.605. The number of thiocarbonyl (C=S) groups is 1. The van der Waals surface area contributed by atoms with E-state index in [1.54, 1.807) is 19.2 Å². The molecule has 0 aromatic carbocycles. The van der Waals surface area contributed by atoms with Crippen LogP contribution in [-0.2, 0) is 4.74 Å². The summed E-state index contributed by atoms with van der Waals surface area (Å²) in [6, 6.07) is 1.73. The number of carbonyl (C=O) groups is 1. The number of nitrogens with zero attached hydrogens (tertiary/aromatic N) is 1. The van der Waals surface area contributed by atoms with Crippen LogP contribution in [0, 0.1) is 3.57 Å². The minimum absolute atomic E-state index is 0.0825. The minimum atomic E-state index is -0.619. The summed E-state index contributed by atoms with van der Waals surface area (Å²) in [6.45, 7) is 1.98. The second-order valence-electron chi connectivity index (χ2n) is 2.78. The van der Waals surface area contributed by atoms with Gasteiger partial charge >= 0.3 is 6.09 Å². The van der Waals surface area contributed by atoms with E-state index in [0.717, 1.165) is 3.57 Å². The van der Waals surface area contributed by atoms with Gasteiger partial charge in [-0.1, -0.05) is 11.6 Å². The number of halogens is 2. The predicted molar refractivity (Wildman–Crippen MR) is 78.3 cm³/mol. The Bertz CT molecular complexity index is 444. The van der Waals surface area contributed by atoms with E-state index < -0.39 is 6.09 Å². The van der Waals surface area contributed by atoms with Crippen molar-refractivity contribution in [3.63, 3.8) is 0 Å². The van der Waals surface area contributed by atoms with Crippen molar-refractivity contribution in [2.75, 3.05) is 11.9 Å². The van der Waals surface area contributed by atoms with Crippen LogP contribution in [0.1, 0.15) is 6.92 Å². The first-order chi connectivity index (χ1) is 8.02. The summed E-state index contributed by atoms with van der Waals surface area (Å²) in [5.41, 5.74) is 0. The zero-order valence-electron chi connectivity index (χ0n) is 8.79. The van der Waals surface area contributed by atoms with Gasteiger partial charge in [-0.15, -0.1) is 0 Å².